The minimum atomic E-state index is 0.271. The normalized spacial score (nSPS) is 26.8. The van der Waals surface area contributed by atoms with Crippen molar-refractivity contribution in [2.24, 2.45) is 5.92 Å². The molecule has 1 aliphatic heterocycles. The summed E-state index contributed by atoms with van der Waals surface area (Å²) in [7, 11) is 0. The molecule has 0 radical (unpaired) electrons. The highest BCUT2D eigenvalue weighted by Crippen LogP contribution is 2.16. The fourth-order valence-corrected chi connectivity index (χ4v) is 2.32. The van der Waals surface area contributed by atoms with Crippen LogP contribution in [-0.2, 0) is 0 Å². The molecular weight excluding hydrogens is 188 g/mol. The van der Waals surface area contributed by atoms with E-state index in [0.717, 1.165) is 19.0 Å². The summed E-state index contributed by atoms with van der Waals surface area (Å²) in [6, 6.07) is 1.23. The van der Waals surface area contributed by atoms with Crippen LogP contribution in [0.25, 0.3) is 0 Å². The van der Waals surface area contributed by atoms with E-state index in [2.05, 4.69) is 31.0 Å². The third-order valence-corrected chi connectivity index (χ3v) is 3.32. The highest BCUT2D eigenvalue weighted by atomic mass is 16.3. The molecule has 1 saturated heterocycles. The Bertz CT molecular complexity index is 173. The van der Waals surface area contributed by atoms with Crippen molar-refractivity contribution in [3.63, 3.8) is 0 Å². The Hall–Kier alpha value is -0.120. The molecule has 1 aliphatic rings. The Morgan fingerprint density at radius 1 is 1.40 bits per heavy atom. The Labute approximate surface area is 93.9 Å². The molecule has 3 nitrogen and oxygen atoms in total. The van der Waals surface area contributed by atoms with Gasteiger partial charge in [0.1, 0.15) is 0 Å². The number of aliphatic hydroxyl groups is 1. The van der Waals surface area contributed by atoms with Gasteiger partial charge < -0.3 is 10.4 Å². The Morgan fingerprint density at radius 3 is 2.60 bits per heavy atom. The van der Waals surface area contributed by atoms with Crippen LogP contribution < -0.4 is 5.32 Å². The SMILES string of the molecule is CC1CNC(CCN(CCO)C(C)C)C1. The first-order chi connectivity index (χ1) is 7.13. The van der Waals surface area contributed by atoms with Crippen molar-refractivity contribution in [2.75, 3.05) is 26.2 Å². The third-order valence-electron chi connectivity index (χ3n) is 3.32. The van der Waals surface area contributed by atoms with E-state index in [1.807, 2.05) is 0 Å². The lowest BCUT2D eigenvalue weighted by Crippen LogP contribution is -2.37. The highest BCUT2D eigenvalue weighted by molar-refractivity contribution is 4.80. The first-order valence-electron chi connectivity index (χ1n) is 6.21. The summed E-state index contributed by atoms with van der Waals surface area (Å²) in [4.78, 5) is 2.35. The fraction of sp³-hybridized carbons (Fsp3) is 1.00. The minimum absolute atomic E-state index is 0.271. The topological polar surface area (TPSA) is 35.5 Å². The lowest BCUT2D eigenvalue weighted by atomic mass is 10.1. The van der Waals surface area contributed by atoms with Gasteiger partial charge in [0.2, 0.25) is 0 Å². The van der Waals surface area contributed by atoms with Crippen LogP contribution in [-0.4, -0.2) is 48.3 Å². The highest BCUT2D eigenvalue weighted by Gasteiger charge is 2.21. The molecule has 2 N–H and O–H groups in total. The second-order valence-electron chi connectivity index (χ2n) is 5.09. The van der Waals surface area contributed by atoms with Crippen LogP contribution in [0.15, 0.2) is 0 Å². The van der Waals surface area contributed by atoms with E-state index in [0.29, 0.717) is 12.1 Å². The zero-order valence-corrected chi connectivity index (χ0v) is 10.4. The van der Waals surface area contributed by atoms with Crippen molar-refractivity contribution >= 4 is 0 Å². The molecule has 0 bridgehead atoms. The molecule has 0 amide bonds. The van der Waals surface area contributed by atoms with Gasteiger partial charge in [0.25, 0.3) is 0 Å². The van der Waals surface area contributed by atoms with E-state index in [9.17, 15) is 0 Å². The minimum Gasteiger partial charge on any atom is -0.395 e. The second-order valence-corrected chi connectivity index (χ2v) is 5.09. The Morgan fingerprint density at radius 2 is 2.13 bits per heavy atom. The van der Waals surface area contributed by atoms with Crippen molar-refractivity contribution in [3.8, 4) is 0 Å². The summed E-state index contributed by atoms with van der Waals surface area (Å²) in [5.74, 6) is 0.834. The lowest BCUT2D eigenvalue weighted by Gasteiger charge is -2.26. The summed E-state index contributed by atoms with van der Waals surface area (Å²) >= 11 is 0. The van der Waals surface area contributed by atoms with Crippen LogP contribution >= 0.6 is 0 Å². The van der Waals surface area contributed by atoms with E-state index in [-0.39, 0.29) is 6.61 Å². The third kappa shape index (κ3) is 4.49. The van der Waals surface area contributed by atoms with Crippen molar-refractivity contribution in [2.45, 2.75) is 45.7 Å². The van der Waals surface area contributed by atoms with Crippen LogP contribution in [0.5, 0.6) is 0 Å². The molecule has 0 aromatic carbocycles. The number of aliphatic hydroxyl groups excluding tert-OH is 1. The number of nitrogens with one attached hydrogen (secondary N) is 1. The Balaban J connectivity index is 2.21. The van der Waals surface area contributed by atoms with Gasteiger partial charge >= 0.3 is 0 Å². The standard InChI is InChI=1S/C12H26N2O/c1-10(2)14(6-7-15)5-4-12-8-11(3)9-13-12/h10-13,15H,4-9H2,1-3H3. The van der Waals surface area contributed by atoms with Gasteiger partial charge in [0.15, 0.2) is 0 Å². The van der Waals surface area contributed by atoms with Crippen LogP contribution in [0, 0.1) is 5.92 Å². The number of hydrogen-bond donors (Lipinski definition) is 2. The summed E-state index contributed by atoms with van der Waals surface area (Å²) in [5.41, 5.74) is 0. The van der Waals surface area contributed by atoms with E-state index in [1.54, 1.807) is 0 Å². The van der Waals surface area contributed by atoms with Gasteiger partial charge in [0.05, 0.1) is 6.61 Å². The molecule has 15 heavy (non-hydrogen) atoms. The quantitative estimate of drug-likeness (QED) is 0.694. The molecule has 3 heteroatoms. The predicted molar refractivity (Wildman–Crippen MR) is 64.0 cm³/mol. The van der Waals surface area contributed by atoms with Gasteiger partial charge in [-0.15, -0.1) is 0 Å². The predicted octanol–water partition coefficient (Wildman–Crippen LogP) is 1.08. The summed E-state index contributed by atoms with van der Waals surface area (Å²) in [5, 5.41) is 12.5. The number of hydrogen-bond acceptors (Lipinski definition) is 3. The Kier molecular flexibility index (Phi) is 5.58. The van der Waals surface area contributed by atoms with Crippen molar-refractivity contribution in [1.29, 1.82) is 0 Å². The molecule has 0 spiro atoms. The smallest absolute Gasteiger partial charge is 0.0558 e. The monoisotopic (exact) mass is 214 g/mol. The molecule has 1 fully saturated rings. The maximum absolute atomic E-state index is 8.96. The van der Waals surface area contributed by atoms with Gasteiger partial charge in [-0.2, -0.15) is 0 Å². The molecule has 0 saturated carbocycles. The van der Waals surface area contributed by atoms with Crippen molar-refractivity contribution in [3.05, 3.63) is 0 Å². The lowest BCUT2D eigenvalue weighted by molar-refractivity contribution is 0.160. The van der Waals surface area contributed by atoms with Gasteiger partial charge in [-0.05, 0) is 45.7 Å². The van der Waals surface area contributed by atoms with E-state index in [1.165, 1.54) is 19.4 Å². The maximum atomic E-state index is 8.96. The number of nitrogens with zero attached hydrogens (tertiary/aromatic N) is 1. The summed E-state index contributed by atoms with van der Waals surface area (Å²) in [6.07, 6.45) is 2.52. The summed E-state index contributed by atoms with van der Waals surface area (Å²) < 4.78 is 0. The molecule has 0 aliphatic carbocycles. The van der Waals surface area contributed by atoms with E-state index in [4.69, 9.17) is 5.11 Å². The molecule has 2 atom stereocenters. The zero-order valence-electron chi connectivity index (χ0n) is 10.4. The van der Waals surface area contributed by atoms with Gasteiger partial charge in [-0.3, -0.25) is 4.90 Å². The zero-order chi connectivity index (χ0) is 11.3. The average molecular weight is 214 g/mol. The first-order valence-corrected chi connectivity index (χ1v) is 6.21. The van der Waals surface area contributed by atoms with Crippen molar-refractivity contribution < 1.29 is 5.11 Å². The molecular formula is C12H26N2O. The molecule has 0 aromatic rings. The summed E-state index contributed by atoms with van der Waals surface area (Å²) in [6.45, 7) is 10.0. The van der Waals surface area contributed by atoms with Crippen LogP contribution in [0.1, 0.15) is 33.6 Å². The molecule has 0 aromatic heterocycles. The molecule has 90 valence electrons. The van der Waals surface area contributed by atoms with Crippen molar-refractivity contribution in [1.82, 2.24) is 10.2 Å². The van der Waals surface area contributed by atoms with Gasteiger partial charge in [0, 0.05) is 18.6 Å². The second kappa shape index (κ2) is 6.46. The average Bonchev–Trinajstić information content (AvgIpc) is 2.58. The molecule has 1 heterocycles. The molecule has 1 rings (SSSR count). The number of rotatable bonds is 6. The maximum Gasteiger partial charge on any atom is 0.0558 e. The van der Waals surface area contributed by atoms with Crippen LogP contribution in [0.3, 0.4) is 0 Å². The first kappa shape index (κ1) is 12.9. The molecule has 2 unspecified atom stereocenters. The van der Waals surface area contributed by atoms with E-state index < -0.39 is 0 Å². The van der Waals surface area contributed by atoms with Crippen LogP contribution in [0.2, 0.25) is 0 Å². The van der Waals surface area contributed by atoms with Gasteiger partial charge in [-0.25, -0.2) is 0 Å². The largest absolute Gasteiger partial charge is 0.395 e. The van der Waals surface area contributed by atoms with Crippen LogP contribution in [0.4, 0.5) is 0 Å². The van der Waals surface area contributed by atoms with E-state index >= 15 is 0 Å². The van der Waals surface area contributed by atoms with Gasteiger partial charge in [-0.1, -0.05) is 6.92 Å². The fourth-order valence-electron chi connectivity index (χ4n) is 2.32.